The van der Waals surface area contributed by atoms with Crippen molar-refractivity contribution in [1.29, 1.82) is 0 Å². The van der Waals surface area contributed by atoms with Crippen LogP contribution in [-0.4, -0.2) is 49.6 Å². The molecule has 0 aromatic carbocycles. The Hall–Kier alpha value is -1.14. The minimum Gasteiger partial charge on any atom is -0.457 e. The Bertz CT molecular complexity index is 694. The Morgan fingerprint density at radius 3 is 0.875 bits per heavy atom. The summed E-state index contributed by atoms with van der Waals surface area (Å²) in [6, 6.07) is 0. The number of rotatable bonds is 34. The Kier molecular flexibility index (Phi) is 27.5. The van der Waals surface area contributed by atoms with E-state index in [-0.39, 0.29) is 24.1 Å². The molecule has 0 aromatic heterocycles. The van der Waals surface area contributed by atoms with E-state index in [0.29, 0.717) is 26.1 Å². The molecule has 0 spiro atoms. The summed E-state index contributed by atoms with van der Waals surface area (Å²) in [6.07, 6.45) is 38.6. The first-order valence-corrected chi connectivity index (χ1v) is 21.3. The molecule has 48 heavy (non-hydrogen) atoms. The van der Waals surface area contributed by atoms with Gasteiger partial charge in [-0.05, 0) is 12.8 Å². The minimum atomic E-state index is -0.405. The molecule has 282 valence electrons. The number of carbonyl (C=O) groups is 2. The summed E-state index contributed by atoms with van der Waals surface area (Å²) in [7, 11) is 0. The van der Waals surface area contributed by atoms with Crippen molar-refractivity contribution in [3.63, 3.8) is 0 Å². The second-order valence-corrected chi connectivity index (χ2v) is 15.1. The lowest BCUT2D eigenvalue weighted by Gasteiger charge is -2.17. The number of esters is 2. The van der Waals surface area contributed by atoms with Crippen LogP contribution in [0.1, 0.15) is 219 Å². The SMILES string of the molecule is CCCCCCCCCCCCCCCCCC(=O)O[C@H]1CO[C@H]2[C@@H]1OC[C@H]2OC(=O)CCCCCCCCCCCCCCCCC. The zero-order chi connectivity index (χ0) is 34.3. The Labute approximate surface area is 296 Å². The summed E-state index contributed by atoms with van der Waals surface area (Å²) < 4.78 is 23.2. The molecule has 0 unspecified atom stereocenters. The highest BCUT2D eigenvalue weighted by molar-refractivity contribution is 5.70. The first-order chi connectivity index (χ1) is 23.7. The molecule has 2 rings (SSSR count). The number of carbonyl (C=O) groups excluding carboxylic acids is 2. The van der Waals surface area contributed by atoms with E-state index in [1.807, 2.05) is 0 Å². The summed E-state index contributed by atoms with van der Waals surface area (Å²) in [5.74, 6) is -0.340. The van der Waals surface area contributed by atoms with Crippen LogP contribution in [0.2, 0.25) is 0 Å². The predicted molar refractivity (Wildman–Crippen MR) is 198 cm³/mol. The molecule has 0 bridgehead atoms. The molecule has 2 saturated heterocycles. The highest BCUT2D eigenvalue weighted by Gasteiger charge is 2.51. The van der Waals surface area contributed by atoms with Crippen molar-refractivity contribution < 1.29 is 28.5 Å². The fourth-order valence-electron chi connectivity index (χ4n) is 7.37. The number of fused-ring (bicyclic) bond motifs is 1. The van der Waals surface area contributed by atoms with Gasteiger partial charge in [0.2, 0.25) is 0 Å². The normalized spacial score (nSPS) is 20.3. The number of ether oxygens (including phenoxy) is 4. The molecule has 0 N–H and O–H groups in total. The van der Waals surface area contributed by atoms with Crippen molar-refractivity contribution in [2.24, 2.45) is 0 Å². The molecule has 0 saturated carbocycles. The van der Waals surface area contributed by atoms with Crippen molar-refractivity contribution in [3.05, 3.63) is 0 Å². The Morgan fingerprint density at radius 1 is 0.396 bits per heavy atom. The largest absolute Gasteiger partial charge is 0.457 e. The average molecular weight is 679 g/mol. The van der Waals surface area contributed by atoms with Gasteiger partial charge in [-0.3, -0.25) is 9.59 Å². The predicted octanol–water partition coefficient (Wildman–Crippen LogP) is 12.1. The van der Waals surface area contributed by atoms with E-state index >= 15 is 0 Å². The van der Waals surface area contributed by atoms with Crippen LogP contribution in [0.25, 0.3) is 0 Å². The molecule has 6 heteroatoms. The van der Waals surface area contributed by atoms with E-state index in [1.54, 1.807) is 0 Å². The summed E-state index contributed by atoms with van der Waals surface area (Å²) in [4.78, 5) is 25.0. The molecule has 2 aliphatic heterocycles. The summed E-state index contributed by atoms with van der Waals surface area (Å²) in [6.45, 7) is 5.18. The quantitative estimate of drug-likeness (QED) is 0.0498. The van der Waals surface area contributed by atoms with Gasteiger partial charge in [-0.1, -0.05) is 194 Å². The Morgan fingerprint density at radius 2 is 0.625 bits per heavy atom. The van der Waals surface area contributed by atoms with Crippen LogP contribution in [0.3, 0.4) is 0 Å². The summed E-state index contributed by atoms with van der Waals surface area (Å²) in [5, 5.41) is 0. The molecular weight excluding hydrogens is 600 g/mol. The number of hydrogen-bond acceptors (Lipinski definition) is 6. The lowest BCUT2D eigenvalue weighted by Crippen LogP contribution is -2.35. The molecule has 0 aromatic rings. The average Bonchev–Trinajstić information content (AvgIpc) is 3.67. The maximum Gasteiger partial charge on any atom is 0.306 e. The maximum atomic E-state index is 12.5. The molecule has 2 fully saturated rings. The van der Waals surface area contributed by atoms with Crippen molar-refractivity contribution in [3.8, 4) is 0 Å². The van der Waals surface area contributed by atoms with Gasteiger partial charge in [0.05, 0.1) is 13.2 Å². The highest BCUT2D eigenvalue weighted by Crippen LogP contribution is 2.31. The van der Waals surface area contributed by atoms with Crippen LogP contribution in [0.4, 0.5) is 0 Å². The smallest absolute Gasteiger partial charge is 0.306 e. The van der Waals surface area contributed by atoms with Gasteiger partial charge in [0.15, 0.2) is 12.2 Å². The van der Waals surface area contributed by atoms with Gasteiger partial charge in [-0.15, -0.1) is 0 Å². The highest BCUT2D eigenvalue weighted by atomic mass is 16.7. The molecule has 6 nitrogen and oxygen atoms in total. The van der Waals surface area contributed by atoms with Crippen LogP contribution >= 0.6 is 0 Å². The fourth-order valence-corrected chi connectivity index (χ4v) is 7.37. The van der Waals surface area contributed by atoms with Gasteiger partial charge in [0.25, 0.3) is 0 Å². The summed E-state index contributed by atoms with van der Waals surface area (Å²) >= 11 is 0. The molecule has 0 radical (unpaired) electrons. The lowest BCUT2D eigenvalue weighted by molar-refractivity contribution is -0.155. The number of unbranched alkanes of at least 4 members (excludes halogenated alkanes) is 28. The van der Waals surface area contributed by atoms with Crippen LogP contribution < -0.4 is 0 Å². The van der Waals surface area contributed by atoms with Crippen molar-refractivity contribution >= 4 is 11.9 Å². The van der Waals surface area contributed by atoms with Crippen molar-refractivity contribution in [2.75, 3.05) is 13.2 Å². The molecule has 2 aliphatic rings. The van der Waals surface area contributed by atoms with Crippen LogP contribution in [-0.2, 0) is 28.5 Å². The fraction of sp³-hybridized carbons (Fsp3) is 0.952. The molecule has 0 amide bonds. The van der Waals surface area contributed by atoms with Gasteiger partial charge in [0, 0.05) is 12.8 Å². The van der Waals surface area contributed by atoms with E-state index in [2.05, 4.69) is 13.8 Å². The van der Waals surface area contributed by atoms with Gasteiger partial charge in [0.1, 0.15) is 12.2 Å². The van der Waals surface area contributed by atoms with E-state index < -0.39 is 12.2 Å². The third-order valence-electron chi connectivity index (χ3n) is 10.5. The Balaban J connectivity index is 1.37. The minimum absolute atomic E-state index is 0.170. The monoisotopic (exact) mass is 679 g/mol. The first kappa shape index (κ1) is 43.0. The van der Waals surface area contributed by atoms with Gasteiger partial charge < -0.3 is 18.9 Å². The summed E-state index contributed by atoms with van der Waals surface area (Å²) in [5.41, 5.74) is 0. The van der Waals surface area contributed by atoms with Gasteiger partial charge in [-0.2, -0.15) is 0 Å². The van der Waals surface area contributed by atoms with Crippen molar-refractivity contribution in [2.45, 2.75) is 244 Å². The van der Waals surface area contributed by atoms with Crippen LogP contribution in [0.15, 0.2) is 0 Å². The molecule has 0 aliphatic carbocycles. The maximum absolute atomic E-state index is 12.5. The van der Waals surface area contributed by atoms with Gasteiger partial charge >= 0.3 is 11.9 Å². The van der Waals surface area contributed by atoms with Crippen LogP contribution in [0, 0.1) is 0 Å². The van der Waals surface area contributed by atoms with E-state index in [9.17, 15) is 9.59 Å². The van der Waals surface area contributed by atoms with Gasteiger partial charge in [-0.25, -0.2) is 0 Å². The van der Waals surface area contributed by atoms with Crippen LogP contribution in [0.5, 0.6) is 0 Å². The van der Waals surface area contributed by atoms with E-state index in [0.717, 1.165) is 25.7 Å². The molecule has 2 heterocycles. The second-order valence-electron chi connectivity index (χ2n) is 15.1. The topological polar surface area (TPSA) is 71.1 Å². The number of hydrogen-bond donors (Lipinski definition) is 0. The first-order valence-electron chi connectivity index (χ1n) is 21.3. The third kappa shape index (κ3) is 21.8. The zero-order valence-corrected chi connectivity index (χ0v) is 31.8. The zero-order valence-electron chi connectivity index (χ0n) is 31.8. The van der Waals surface area contributed by atoms with E-state index in [1.165, 1.54) is 167 Å². The van der Waals surface area contributed by atoms with E-state index in [4.69, 9.17) is 18.9 Å². The second kappa shape index (κ2) is 30.7. The molecular formula is C42H78O6. The lowest BCUT2D eigenvalue weighted by atomic mass is 10.0. The van der Waals surface area contributed by atoms with Crippen molar-refractivity contribution in [1.82, 2.24) is 0 Å². The molecule has 4 atom stereocenters. The third-order valence-corrected chi connectivity index (χ3v) is 10.5. The standard InChI is InChI=1S/C42H78O6/c1-3-5-7-9-11-13-15-17-19-21-23-25-27-29-31-33-39(43)47-37-35-45-42-38(36-46-41(37)42)48-40(44)34-32-30-28-26-24-22-20-18-16-14-12-10-8-6-4-2/h37-38,41-42H,3-36H2,1-2H3/t37-,38+,41-,42-/m1/s1.